The van der Waals surface area contributed by atoms with Gasteiger partial charge in [0.1, 0.15) is 0 Å². The molecule has 0 saturated carbocycles. The van der Waals surface area contributed by atoms with Crippen molar-refractivity contribution in [3.05, 3.63) is 65.5 Å². The van der Waals surface area contributed by atoms with E-state index in [1.807, 2.05) is 0 Å². The van der Waals surface area contributed by atoms with Gasteiger partial charge in [0.25, 0.3) is 5.91 Å². The van der Waals surface area contributed by atoms with E-state index < -0.39 is 11.7 Å². The fourth-order valence-electron chi connectivity index (χ4n) is 3.14. The highest BCUT2D eigenvalue weighted by Crippen LogP contribution is 2.29. The van der Waals surface area contributed by atoms with Crippen LogP contribution in [0.15, 0.2) is 48.8 Å². The normalized spacial score (nSPS) is 18.5. The molecule has 138 valence electrons. The molecule has 7 heteroatoms. The fourth-order valence-corrected chi connectivity index (χ4v) is 3.14. The molecule has 1 aliphatic rings. The maximum absolute atomic E-state index is 12.6. The Morgan fingerprint density at radius 1 is 1.23 bits per heavy atom. The van der Waals surface area contributed by atoms with Crippen molar-refractivity contribution in [2.45, 2.75) is 31.6 Å². The van der Waals surface area contributed by atoms with Gasteiger partial charge >= 0.3 is 6.18 Å². The number of carbonyl (C=O) groups is 1. The number of aromatic nitrogens is 1. The second-order valence-corrected chi connectivity index (χ2v) is 6.48. The van der Waals surface area contributed by atoms with Gasteiger partial charge in [-0.3, -0.25) is 14.7 Å². The van der Waals surface area contributed by atoms with Crippen LogP contribution < -0.4 is 5.32 Å². The highest BCUT2D eigenvalue weighted by molar-refractivity contribution is 5.94. The molecule has 0 aliphatic carbocycles. The zero-order valence-electron chi connectivity index (χ0n) is 14.2. The lowest BCUT2D eigenvalue weighted by Crippen LogP contribution is -2.47. The molecule has 26 heavy (non-hydrogen) atoms. The number of alkyl halides is 3. The smallest absolute Gasteiger partial charge is 0.348 e. The van der Waals surface area contributed by atoms with Crippen LogP contribution in [0.25, 0.3) is 0 Å². The van der Waals surface area contributed by atoms with E-state index >= 15 is 0 Å². The summed E-state index contributed by atoms with van der Waals surface area (Å²) in [6.07, 6.45) is 0.640. The third-order valence-corrected chi connectivity index (χ3v) is 4.45. The van der Waals surface area contributed by atoms with Crippen LogP contribution in [0, 0.1) is 0 Å². The summed E-state index contributed by atoms with van der Waals surface area (Å²) in [5.41, 5.74) is 0.714. The van der Waals surface area contributed by atoms with E-state index in [2.05, 4.69) is 15.2 Å². The third kappa shape index (κ3) is 4.82. The van der Waals surface area contributed by atoms with E-state index in [1.165, 1.54) is 18.3 Å². The zero-order valence-corrected chi connectivity index (χ0v) is 14.2. The largest absolute Gasteiger partial charge is 0.416 e. The van der Waals surface area contributed by atoms with Crippen LogP contribution in [0.1, 0.15) is 34.3 Å². The Morgan fingerprint density at radius 3 is 2.65 bits per heavy atom. The van der Waals surface area contributed by atoms with Gasteiger partial charge in [-0.15, -0.1) is 0 Å². The van der Waals surface area contributed by atoms with Crippen molar-refractivity contribution >= 4 is 5.91 Å². The highest BCUT2D eigenvalue weighted by atomic mass is 19.4. The van der Waals surface area contributed by atoms with Crippen molar-refractivity contribution in [1.82, 2.24) is 15.2 Å². The summed E-state index contributed by atoms with van der Waals surface area (Å²) < 4.78 is 37.9. The number of nitrogens with zero attached hydrogens (tertiary/aromatic N) is 2. The maximum atomic E-state index is 12.6. The van der Waals surface area contributed by atoms with Crippen molar-refractivity contribution in [2.75, 3.05) is 13.1 Å². The van der Waals surface area contributed by atoms with Crippen LogP contribution in [-0.2, 0) is 12.7 Å². The standard InChI is InChI=1S/C19H20F3N3O/c20-19(21,22)16-7-5-14(6-8-16)12-25-10-2-4-17(13-25)24-18(26)15-3-1-9-23-11-15/h1,3,5-9,11,17H,2,4,10,12-13H2,(H,24,26). The van der Waals surface area contributed by atoms with Gasteiger partial charge in [-0.2, -0.15) is 13.2 Å². The molecule has 0 spiro atoms. The molecule has 0 radical (unpaired) electrons. The Hall–Kier alpha value is -2.41. The van der Waals surface area contributed by atoms with Crippen LogP contribution in [-0.4, -0.2) is 34.9 Å². The fraction of sp³-hybridized carbons (Fsp3) is 0.368. The van der Waals surface area contributed by atoms with Crippen LogP contribution in [0.4, 0.5) is 13.2 Å². The summed E-state index contributed by atoms with van der Waals surface area (Å²) in [6, 6.07) is 8.70. The number of nitrogens with one attached hydrogen (secondary N) is 1. The lowest BCUT2D eigenvalue weighted by atomic mass is 10.0. The van der Waals surface area contributed by atoms with Gasteiger partial charge in [-0.25, -0.2) is 0 Å². The molecule has 1 saturated heterocycles. The molecule has 3 rings (SSSR count). The molecule has 0 bridgehead atoms. The minimum atomic E-state index is -4.31. The first-order valence-electron chi connectivity index (χ1n) is 8.51. The Balaban J connectivity index is 1.56. The van der Waals surface area contributed by atoms with Crippen molar-refractivity contribution in [1.29, 1.82) is 0 Å². The predicted octanol–water partition coefficient (Wildman–Crippen LogP) is 3.49. The second-order valence-electron chi connectivity index (χ2n) is 6.48. The average molecular weight is 363 g/mol. The molecule has 1 aliphatic heterocycles. The molecule has 1 atom stereocenters. The van der Waals surface area contributed by atoms with Crippen LogP contribution in [0.2, 0.25) is 0 Å². The van der Waals surface area contributed by atoms with Gasteiger partial charge in [-0.05, 0) is 49.2 Å². The number of benzene rings is 1. The van der Waals surface area contributed by atoms with E-state index in [0.717, 1.165) is 37.1 Å². The SMILES string of the molecule is O=C(NC1CCCN(Cc2ccc(C(F)(F)F)cc2)C1)c1cccnc1. The van der Waals surface area contributed by atoms with Crippen molar-refractivity contribution in [2.24, 2.45) is 0 Å². The number of carbonyl (C=O) groups excluding carboxylic acids is 1. The van der Waals surface area contributed by atoms with Crippen molar-refractivity contribution in [3.63, 3.8) is 0 Å². The summed E-state index contributed by atoms with van der Waals surface area (Å²) in [5, 5.41) is 3.01. The van der Waals surface area contributed by atoms with Gasteiger partial charge in [0, 0.05) is 31.5 Å². The molecule has 4 nitrogen and oxygen atoms in total. The minimum absolute atomic E-state index is 0.0194. The van der Waals surface area contributed by atoms with E-state index in [1.54, 1.807) is 18.3 Å². The molecule has 1 aromatic heterocycles. The molecule has 1 N–H and O–H groups in total. The summed E-state index contributed by atoms with van der Waals surface area (Å²) in [7, 11) is 0. The summed E-state index contributed by atoms with van der Waals surface area (Å²) in [5.74, 6) is -0.153. The van der Waals surface area contributed by atoms with E-state index in [0.29, 0.717) is 18.7 Å². The van der Waals surface area contributed by atoms with Crippen LogP contribution >= 0.6 is 0 Å². The van der Waals surface area contributed by atoms with Crippen molar-refractivity contribution < 1.29 is 18.0 Å². The van der Waals surface area contributed by atoms with Crippen LogP contribution in [0.5, 0.6) is 0 Å². The molecular weight excluding hydrogens is 343 g/mol. The van der Waals surface area contributed by atoms with E-state index in [4.69, 9.17) is 0 Å². The van der Waals surface area contributed by atoms with Gasteiger partial charge in [0.2, 0.25) is 0 Å². The highest BCUT2D eigenvalue weighted by Gasteiger charge is 2.30. The van der Waals surface area contributed by atoms with E-state index in [9.17, 15) is 18.0 Å². The monoisotopic (exact) mass is 363 g/mol. The number of amides is 1. The minimum Gasteiger partial charge on any atom is -0.348 e. The molecule has 1 aromatic carbocycles. The number of halogens is 3. The first-order valence-corrected chi connectivity index (χ1v) is 8.51. The topological polar surface area (TPSA) is 45.2 Å². The molecule has 1 amide bonds. The van der Waals surface area contributed by atoms with Crippen LogP contribution in [0.3, 0.4) is 0 Å². The first-order chi connectivity index (χ1) is 12.4. The van der Waals surface area contributed by atoms with Gasteiger partial charge in [0.05, 0.1) is 11.1 Å². The summed E-state index contributed by atoms with van der Waals surface area (Å²) in [6.45, 7) is 2.10. The summed E-state index contributed by atoms with van der Waals surface area (Å²) in [4.78, 5) is 18.3. The molecule has 1 unspecified atom stereocenters. The van der Waals surface area contributed by atoms with Gasteiger partial charge < -0.3 is 5.32 Å². The lowest BCUT2D eigenvalue weighted by molar-refractivity contribution is -0.137. The number of likely N-dealkylation sites (tertiary alicyclic amines) is 1. The molecule has 1 fully saturated rings. The molecule has 2 aromatic rings. The number of hydrogen-bond donors (Lipinski definition) is 1. The van der Waals surface area contributed by atoms with E-state index in [-0.39, 0.29) is 11.9 Å². The Bertz CT molecular complexity index is 732. The second kappa shape index (κ2) is 7.86. The van der Waals surface area contributed by atoms with Gasteiger partial charge in [-0.1, -0.05) is 12.1 Å². The molecule has 2 heterocycles. The average Bonchev–Trinajstić information content (AvgIpc) is 2.62. The number of rotatable bonds is 4. The maximum Gasteiger partial charge on any atom is 0.416 e. The number of pyridine rings is 1. The Kier molecular flexibility index (Phi) is 5.56. The zero-order chi connectivity index (χ0) is 18.6. The number of piperidine rings is 1. The Labute approximate surface area is 150 Å². The van der Waals surface area contributed by atoms with Gasteiger partial charge in [0.15, 0.2) is 0 Å². The molecular formula is C19H20F3N3O. The number of hydrogen-bond acceptors (Lipinski definition) is 3. The lowest BCUT2D eigenvalue weighted by Gasteiger charge is -2.33. The quantitative estimate of drug-likeness (QED) is 0.904. The van der Waals surface area contributed by atoms with Crippen molar-refractivity contribution in [3.8, 4) is 0 Å². The Morgan fingerprint density at radius 2 is 2.00 bits per heavy atom. The first kappa shape index (κ1) is 18.4. The third-order valence-electron chi connectivity index (χ3n) is 4.45. The predicted molar refractivity (Wildman–Crippen MR) is 91.4 cm³/mol. The summed E-state index contributed by atoms with van der Waals surface area (Å²) >= 11 is 0.